The van der Waals surface area contributed by atoms with Gasteiger partial charge >= 0.3 is 12.1 Å². The molecule has 2 fully saturated rings. The SMILES string of the molecule is COc1ccc(COC(=O)N2C(C(=O)OC(C)(C)C)CC3CCCCC32)cc1. The summed E-state index contributed by atoms with van der Waals surface area (Å²) in [4.78, 5) is 27.4. The Bertz CT molecular complexity index is 694. The standard InChI is InChI=1S/C22H31NO5/c1-22(2,3)28-20(24)19-13-16-7-5-6-8-18(16)23(19)21(25)27-14-15-9-11-17(26-4)12-10-15/h9-12,16,18-19H,5-8,13-14H2,1-4H3. The van der Waals surface area contributed by atoms with Crippen LogP contribution in [0.1, 0.15) is 58.4 Å². The maximum absolute atomic E-state index is 12.9. The van der Waals surface area contributed by atoms with Crippen molar-refractivity contribution in [2.24, 2.45) is 5.92 Å². The Morgan fingerprint density at radius 1 is 1.11 bits per heavy atom. The molecule has 0 N–H and O–H groups in total. The summed E-state index contributed by atoms with van der Waals surface area (Å²) in [7, 11) is 1.61. The number of methoxy groups -OCH3 is 1. The minimum Gasteiger partial charge on any atom is -0.497 e. The minimum absolute atomic E-state index is 0.0645. The summed E-state index contributed by atoms with van der Waals surface area (Å²) in [5.74, 6) is 0.771. The quantitative estimate of drug-likeness (QED) is 0.718. The molecule has 3 unspecified atom stereocenters. The first-order valence-electron chi connectivity index (χ1n) is 10.1. The number of likely N-dealkylation sites (tertiary alicyclic amines) is 1. The van der Waals surface area contributed by atoms with Gasteiger partial charge in [-0.3, -0.25) is 4.90 Å². The van der Waals surface area contributed by atoms with E-state index >= 15 is 0 Å². The molecule has 1 aromatic rings. The van der Waals surface area contributed by atoms with Crippen LogP contribution >= 0.6 is 0 Å². The van der Waals surface area contributed by atoms with Gasteiger partial charge in [-0.2, -0.15) is 0 Å². The zero-order chi connectivity index (χ0) is 20.3. The molecule has 154 valence electrons. The molecule has 3 rings (SSSR count). The lowest BCUT2D eigenvalue weighted by Gasteiger charge is -2.33. The molecule has 0 aromatic heterocycles. The number of rotatable bonds is 4. The van der Waals surface area contributed by atoms with Crippen molar-refractivity contribution in [2.75, 3.05) is 7.11 Å². The lowest BCUT2D eigenvalue weighted by Crippen LogP contribution is -2.48. The monoisotopic (exact) mass is 389 g/mol. The molecule has 1 amide bonds. The van der Waals surface area contributed by atoms with E-state index in [9.17, 15) is 9.59 Å². The molecule has 6 heteroatoms. The molecule has 1 saturated heterocycles. The van der Waals surface area contributed by atoms with Crippen LogP contribution in [-0.4, -0.2) is 41.8 Å². The van der Waals surface area contributed by atoms with Gasteiger partial charge in [0.1, 0.15) is 24.0 Å². The molecule has 2 aliphatic rings. The van der Waals surface area contributed by atoms with E-state index in [1.165, 1.54) is 0 Å². The number of ether oxygens (including phenoxy) is 3. The highest BCUT2D eigenvalue weighted by atomic mass is 16.6. The van der Waals surface area contributed by atoms with Crippen LogP contribution in [0.4, 0.5) is 4.79 Å². The summed E-state index contributed by atoms with van der Waals surface area (Å²) in [5.41, 5.74) is 0.297. The summed E-state index contributed by atoms with van der Waals surface area (Å²) in [5, 5.41) is 0. The summed E-state index contributed by atoms with van der Waals surface area (Å²) < 4.78 is 16.3. The second-order valence-electron chi connectivity index (χ2n) is 8.71. The fourth-order valence-electron chi connectivity index (χ4n) is 4.24. The second-order valence-corrected chi connectivity index (χ2v) is 8.71. The smallest absolute Gasteiger partial charge is 0.411 e. The summed E-state index contributed by atoms with van der Waals surface area (Å²) in [6.07, 6.45) is 4.42. The van der Waals surface area contributed by atoms with Crippen LogP contribution in [-0.2, 0) is 20.9 Å². The van der Waals surface area contributed by atoms with Crippen molar-refractivity contribution < 1.29 is 23.8 Å². The average Bonchev–Trinajstić information content (AvgIpc) is 3.05. The number of carbonyl (C=O) groups is 2. The van der Waals surface area contributed by atoms with Crippen LogP contribution in [0.25, 0.3) is 0 Å². The third kappa shape index (κ3) is 4.78. The molecule has 0 spiro atoms. The predicted octanol–water partition coefficient (Wildman–Crippen LogP) is 4.31. The van der Waals surface area contributed by atoms with E-state index in [-0.39, 0.29) is 18.6 Å². The predicted molar refractivity (Wildman–Crippen MR) is 105 cm³/mol. The molecule has 6 nitrogen and oxygen atoms in total. The lowest BCUT2D eigenvalue weighted by molar-refractivity contribution is -0.160. The molecule has 28 heavy (non-hydrogen) atoms. The van der Waals surface area contributed by atoms with Gasteiger partial charge in [0.2, 0.25) is 0 Å². The van der Waals surface area contributed by atoms with Gasteiger partial charge in [-0.15, -0.1) is 0 Å². The van der Waals surface area contributed by atoms with Crippen molar-refractivity contribution in [3.63, 3.8) is 0 Å². The molecular weight excluding hydrogens is 358 g/mol. The minimum atomic E-state index is -0.580. The fourth-order valence-corrected chi connectivity index (χ4v) is 4.24. The van der Waals surface area contributed by atoms with Gasteiger partial charge in [0.25, 0.3) is 0 Å². The number of amides is 1. The van der Waals surface area contributed by atoms with E-state index in [0.29, 0.717) is 12.3 Å². The third-order valence-electron chi connectivity index (χ3n) is 5.50. The number of nitrogens with zero attached hydrogens (tertiary/aromatic N) is 1. The third-order valence-corrected chi connectivity index (χ3v) is 5.50. The van der Waals surface area contributed by atoms with Crippen LogP contribution in [0.15, 0.2) is 24.3 Å². The van der Waals surface area contributed by atoms with Crippen LogP contribution in [0.2, 0.25) is 0 Å². The Balaban J connectivity index is 1.70. The molecule has 0 radical (unpaired) electrons. The van der Waals surface area contributed by atoms with Gasteiger partial charge in [0.15, 0.2) is 0 Å². The maximum atomic E-state index is 12.9. The van der Waals surface area contributed by atoms with Crippen molar-refractivity contribution >= 4 is 12.1 Å². The zero-order valence-corrected chi connectivity index (χ0v) is 17.3. The number of hydrogen-bond donors (Lipinski definition) is 0. The van der Waals surface area contributed by atoms with E-state index in [1.807, 2.05) is 45.0 Å². The Labute approximate surface area is 167 Å². The molecule has 1 aromatic carbocycles. The molecule has 0 bridgehead atoms. The summed E-state index contributed by atoms with van der Waals surface area (Å²) >= 11 is 0. The molecular formula is C22H31NO5. The zero-order valence-electron chi connectivity index (χ0n) is 17.3. The second kappa shape index (κ2) is 8.41. The molecule has 1 aliphatic heterocycles. The number of hydrogen-bond acceptors (Lipinski definition) is 5. The Morgan fingerprint density at radius 2 is 1.79 bits per heavy atom. The Kier molecular flexibility index (Phi) is 6.16. The highest BCUT2D eigenvalue weighted by Gasteiger charge is 2.49. The van der Waals surface area contributed by atoms with Crippen LogP contribution in [0.3, 0.4) is 0 Å². The summed E-state index contributed by atoms with van der Waals surface area (Å²) in [6, 6.07) is 6.90. The molecule has 1 saturated carbocycles. The van der Waals surface area contributed by atoms with Crippen molar-refractivity contribution in [3.8, 4) is 5.75 Å². The van der Waals surface area contributed by atoms with E-state index in [0.717, 1.165) is 37.0 Å². The summed E-state index contributed by atoms with van der Waals surface area (Å²) in [6.45, 7) is 5.70. The average molecular weight is 389 g/mol. The van der Waals surface area contributed by atoms with Crippen molar-refractivity contribution in [3.05, 3.63) is 29.8 Å². The van der Waals surface area contributed by atoms with Crippen molar-refractivity contribution in [1.29, 1.82) is 0 Å². The van der Waals surface area contributed by atoms with Gasteiger partial charge in [-0.05, 0) is 63.6 Å². The van der Waals surface area contributed by atoms with Gasteiger partial charge < -0.3 is 14.2 Å². The van der Waals surface area contributed by atoms with Crippen molar-refractivity contribution in [1.82, 2.24) is 4.90 Å². The molecule has 3 atom stereocenters. The number of carbonyl (C=O) groups excluding carboxylic acids is 2. The van der Waals surface area contributed by atoms with E-state index in [1.54, 1.807) is 12.0 Å². The fraction of sp³-hybridized carbons (Fsp3) is 0.636. The Morgan fingerprint density at radius 3 is 2.43 bits per heavy atom. The first-order valence-corrected chi connectivity index (χ1v) is 10.1. The first kappa shape index (κ1) is 20.5. The highest BCUT2D eigenvalue weighted by molar-refractivity contribution is 5.82. The number of fused-ring (bicyclic) bond motifs is 1. The van der Waals surface area contributed by atoms with Crippen molar-refractivity contribution in [2.45, 2.75) is 77.2 Å². The van der Waals surface area contributed by atoms with Gasteiger partial charge in [-0.1, -0.05) is 25.0 Å². The largest absolute Gasteiger partial charge is 0.497 e. The molecule has 1 heterocycles. The van der Waals surface area contributed by atoms with Crippen LogP contribution < -0.4 is 4.74 Å². The van der Waals surface area contributed by atoms with E-state index < -0.39 is 17.7 Å². The van der Waals surface area contributed by atoms with Gasteiger partial charge in [-0.25, -0.2) is 9.59 Å². The Hall–Kier alpha value is -2.24. The first-order chi connectivity index (χ1) is 13.3. The van der Waals surface area contributed by atoms with Gasteiger partial charge in [0.05, 0.1) is 7.11 Å². The highest BCUT2D eigenvalue weighted by Crippen LogP contribution is 2.40. The maximum Gasteiger partial charge on any atom is 0.411 e. The normalized spacial score (nSPS) is 24.4. The van der Waals surface area contributed by atoms with Crippen LogP contribution in [0, 0.1) is 5.92 Å². The van der Waals surface area contributed by atoms with Crippen LogP contribution in [0.5, 0.6) is 5.75 Å². The number of esters is 1. The number of benzene rings is 1. The lowest BCUT2D eigenvalue weighted by atomic mass is 9.85. The van der Waals surface area contributed by atoms with Gasteiger partial charge in [0, 0.05) is 6.04 Å². The molecule has 1 aliphatic carbocycles. The topological polar surface area (TPSA) is 65.1 Å². The van der Waals surface area contributed by atoms with E-state index in [2.05, 4.69) is 0 Å². The van der Waals surface area contributed by atoms with E-state index in [4.69, 9.17) is 14.2 Å².